The largest absolute Gasteiger partial charge is 0.478 e. The number of H-pyrrole nitrogens is 1. The van der Waals surface area contributed by atoms with Gasteiger partial charge in [0, 0.05) is 166 Å². The summed E-state index contributed by atoms with van der Waals surface area (Å²) in [6, 6.07) is 58.4. The minimum absolute atomic E-state index is 0.0315. The number of amides is 3. The van der Waals surface area contributed by atoms with Gasteiger partial charge in [0.15, 0.2) is 0 Å². The van der Waals surface area contributed by atoms with Gasteiger partial charge in [-0.15, -0.1) is 0 Å². The van der Waals surface area contributed by atoms with E-state index in [9.17, 15) is 33.6 Å². The number of hydrogen-bond donors (Lipinski definition) is 3. The van der Waals surface area contributed by atoms with E-state index < -0.39 is 11.9 Å². The second-order valence-electron chi connectivity index (χ2n) is 23.4. The van der Waals surface area contributed by atoms with E-state index in [0.717, 1.165) is 63.5 Å². The first-order chi connectivity index (χ1) is 51.3. The van der Waals surface area contributed by atoms with E-state index in [0.29, 0.717) is 115 Å². The topological polar surface area (TPSA) is 281 Å². The number of piperazine rings is 2. The Morgan fingerprint density at radius 3 is 1.15 bits per heavy atom. The molecule has 0 atom stereocenters. The Morgan fingerprint density at radius 1 is 0.425 bits per heavy atom. The molecule has 548 valence electrons. The molecule has 24 nitrogen and oxygen atoms in total. The third-order valence-corrected chi connectivity index (χ3v) is 17.6. The highest BCUT2D eigenvalue weighted by Gasteiger charge is 2.37. The molecule has 0 aliphatic carbocycles. The zero-order chi connectivity index (χ0) is 75.3. The summed E-state index contributed by atoms with van der Waals surface area (Å²) >= 11 is 26.2. The van der Waals surface area contributed by atoms with Gasteiger partial charge in [-0.05, 0) is 131 Å². The number of methoxy groups -OCH3 is 2. The number of carboxylic acid groups (broad SMARTS) is 1. The van der Waals surface area contributed by atoms with E-state index in [1.165, 1.54) is 51.0 Å². The summed E-state index contributed by atoms with van der Waals surface area (Å²) in [5, 5.41) is 14.1. The van der Waals surface area contributed by atoms with E-state index in [-0.39, 0.29) is 34.8 Å². The van der Waals surface area contributed by atoms with Gasteiger partial charge in [-0.1, -0.05) is 107 Å². The van der Waals surface area contributed by atoms with Crippen LogP contribution in [0.4, 0.5) is 0 Å². The van der Waals surface area contributed by atoms with Crippen molar-refractivity contribution in [3.05, 3.63) is 294 Å². The average Bonchev–Trinajstić information content (AvgIpc) is 0.767. The van der Waals surface area contributed by atoms with Gasteiger partial charge >= 0.3 is 17.9 Å². The van der Waals surface area contributed by atoms with Crippen molar-refractivity contribution in [1.29, 1.82) is 0 Å². The van der Waals surface area contributed by atoms with Gasteiger partial charge in [-0.2, -0.15) is 0 Å². The second-order valence-corrected chi connectivity index (χ2v) is 25.9. The van der Waals surface area contributed by atoms with E-state index in [2.05, 4.69) is 65.4 Å². The molecule has 10 aromatic rings. The zero-order valence-corrected chi connectivity index (χ0v) is 61.9. The summed E-state index contributed by atoms with van der Waals surface area (Å²) in [5.74, 6) is 1.22. The monoisotopic (exact) mass is 1580 g/mol. The smallest absolute Gasteiger partial charge is 0.339 e. The number of esters is 2. The summed E-state index contributed by atoms with van der Waals surface area (Å²) in [4.78, 5) is 110. The lowest BCUT2D eigenvalue weighted by molar-refractivity contribution is 0.00848. The lowest BCUT2D eigenvalue weighted by Crippen LogP contribution is -2.64. The SMILES string of the molecule is COC(=O)c1ccc(Br)nc1.COC(=O)c1ccc(Oc2cccc(Cl)c2)nc1.O=C(O)c1ccc(Oc2cccc(Cl)c2)nc1.O=C(c1ccccc1)N1CCN(C2CN(C(=O)c3ccc(Oc4cccc(Cl)c4)nc3)C2)CC1.O=C(c1ccccc1)N1CCN(C2CNC2)CC1.O=c1cccc(Cl)[nH]1. The Labute approximate surface area is 639 Å². The van der Waals surface area contributed by atoms with Gasteiger partial charge in [0.2, 0.25) is 23.2 Å². The summed E-state index contributed by atoms with van der Waals surface area (Å²) in [7, 11) is 2.66. The molecule has 9 heterocycles. The van der Waals surface area contributed by atoms with Gasteiger partial charge in [0.1, 0.15) is 27.0 Å². The van der Waals surface area contributed by atoms with Crippen molar-refractivity contribution in [2.75, 3.05) is 92.8 Å². The Balaban J connectivity index is 0.000000156. The zero-order valence-electron chi connectivity index (χ0n) is 57.3. The number of rotatable bonds is 14. The number of aromatic carboxylic acids is 1. The van der Waals surface area contributed by atoms with Crippen LogP contribution in [0.5, 0.6) is 34.9 Å². The van der Waals surface area contributed by atoms with Crippen LogP contribution in [0, 0.1) is 0 Å². The molecule has 4 saturated heterocycles. The van der Waals surface area contributed by atoms with Crippen molar-refractivity contribution in [3.63, 3.8) is 0 Å². The number of ether oxygens (including phenoxy) is 5. The molecule has 0 unspecified atom stereocenters. The van der Waals surface area contributed by atoms with Crippen LogP contribution in [0.2, 0.25) is 20.2 Å². The first-order valence-electron chi connectivity index (χ1n) is 33.0. The maximum absolute atomic E-state index is 12.8. The molecule has 106 heavy (non-hydrogen) atoms. The second kappa shape index (κ2) is 40.6. The standard InChI is InChI=1S/C26H25ClN4O3.C14H19N3O.C13H10ClNO3.C12H8ClNO3.C7H6BrNO2.C5H4ClNO/c27-21-7-4-8-23(15-21)34-24-10-9-20(16-28-24)26(33)31-17-22(18-31)29-11-13-30(14-12-29)25(32)19-5-2-1-3-6-19;18-14(12-4-2-1-3-5-12)17-8-6-16(7-9-17)13-10-15-11-13;1-17-13(16)9-5-6-12(15-8-9)18-11-4-2-3-10(14)7-11;13-9-2-1-3-10(6-9)17-11-5-4-8(7-14-11)12(15)16;1-11-7(10)5-2-3-6(8)9-4-5;6-4-2-1-3-5(8)7-4/h1-10,15-16,22H,11-14,17-18H2;1-5,13,15H,6-11H2;2-8H,1H3;1-7H,(H,15,16);2-4H,1H3;1-3H,(H,7,8). The molecule has 0 radical (unpaired) electrons. The number of aromatic amines is 1. The quantitative estimate of drug-likeness (QED) is 0.0673. The molecule has 14 rings (SSSR count). The van der Waals surface area contributed by atoms with E-state index in [1.54, 1.807) is 128 Å². The number of likely N-dealkylation sites (tertiary alicyclic amines) is 1. The van der Waals surface area contributed by atoms with Gasteiger partial charge in [0.05, 0.1) is 36.5 Å². The van der Waals surface area contributed by atoms with Crippen LogP contribution in [-0.2, 0) is 9.47 Å². The maximum atomic E-state index is 12.8. The fourth-order valence-electron chi connectivity index (χ4n) is 10.5. The predicted octanol–water partition coefficient (Wildman–Crippen LogP) is 13.4. The van der Waals surface area contributed by atoms with Crippen molar-refractivity contribution >= 4 is 98.0 Å². The molecule has 4 fully saturated rings. The summed E-state index contributed by atoms with van der Waals surface area (Å²) in [6.45, 7) is 10.3. The number of benzene rings is 5. The maximum Gasteiger partial charge on any atom is 0.339 e. The van der Waals surface area contributed by atoms with Crippen LogP contribution in [0.15, 0.2) is 234 Å². The average molecular weight is 1580 g/mol. The number of pyridine rings is 5. The Morgan fingerprint density at radius 2 is 0.811 bits per heavy atom. The molecule has 5 aromatic heterocycles. The fourth-order valence-corrected chi connectivity index (χ4v) is 11.4. The Bertz CT molecular complexity index is 4580. The normalized spacial score (nSPS) is 14.0. The minimum Gasteiger partial charge on any atom is -0.478 e. The highest BCUT2D eigenvalue weighted by molar-refractivity contribution is 9.10. The van der Waals surface area contributed by atoms with E-state index in [1.807, 2.05) is 75.4 Å². The van der Waals surface area contributed by atoms with Gasteiger partial charge in [-0.3, -0.25) is 29.0 Å². The molecule has 0 spiro atoms. The molecule has 3 N–H and O–H groups in total. The summed E-state index contributed by atoms with van der Waals surface area (Å²) in [5.41, 5.74) is 2.84. The highest BCUT2D eigenvalue weighted by atomic mass is 79.9. The number of halogens is 5. The summed E-state index contributed by atoms with van der Waals surface area (Å²) < 4.78 is 26.3. The van der Waals surface area contributed by atoms with Crippen molar-refractivity contribution in [2.45, 2.75) is 12.1 Å². The first kappa shape index (κ1) is 79.5. The Kier molecular flexibility index (Phi) is 30.5. The van der Waals surface area contributed by atoms with Crippen molar-refractivity contribution < 1.29 is 57.6 Å². The van der Waals surface area contributed by atoms with Crippen LogP contribution < -0.4 is 25.1 Å². The van der Waals surface area contributed by atoms with Gasteiger partial charge in [0.25, 0.3) is 17.7 Å². The first-order valence-corrected chi connectivity index (χ1v) is 35.3. The molecule has 3 amide bonds. The molecule has 0 bridgehead atoms. The van der Waals surface area contributed by atoms with Crippen molar-refractivity contribution in [2.24, 2.45) is 0 Å². The third kappa shape index (κ3) is 24.8. The van der Waals surface area contributed by atoms with E-state index >= 15 is 0 Å². The number of nitrogens with zero attached hydrogens (tertiary/aromatic N) is 9. The predicted molar refractivity (Wildman–Crippen MR) is 405 cm³/mol. The van der Waals surface area contributed by atoms with E-state index in [4.69, 9.17) is 65.7 Å². The molecule has 5 aromatic carbocycles. The number of hydrogen-bond acceptors (Lipinski definition) is 19. The van der Waals surface area contributed by atoms with Crippen LogP contribution in [0.1, 0.15) is 62.1 Å². The van der Waals surface area contributed by atoms with Crippen LogP contribution in [0.25, 0.3) is 0 Å². The van der Waals surface area contributed by atoms with Crippen molar-refractivity contribution in [1.82, 2.24) is 54.7 Å². The molecule has 29 heteroatoms. The third-order valence-electron chi connectivity index (χ3n) is 16.2. The molecule has 4 aliphatic rings. The highest BCUT2D eigenvalue weighted by Crippen LogP contribution is 2.27. The molecule has 0 saturated carbocycles. The van der Waals surface area contributed by atoms with Crippen molar-refractivity contribution in [3.8, 4) is 34.9 Å². The lowest BCUT2D eigenvalue weighted by Gasteiger charge is -2.48. The summed E-state index contributed by atoms with van der Waals surface area (Å²) in [6.07, 6.45) is 5.63. The number of carbonyl (C=O) groups is 6. The van der Waals surface area contributed by atoms with Gasteiger partial charge in [-0.25, -0.2) is 34.3 Å². The number of carbonyl (C=O) groups excluding carboxylic acids is 5. The van der Waals surface area contributed by atoms with Crippen LogP contribution in [0.3, 0.4) is 0 Å². The van der Waals surface area contributed by atoms with Gasteiger partial charge < -0.3 is 53.8 Å². The minimum atomic E-state index is -1.02. The number of aromatic nitrogens is 5. The molecular formula is C77H72BrCl4N11O13. The molecular weight excluding hydrogens is 1510 g/mol. The van der Waals surface area contributed by atoms with Crippen LogP contribution in [-0.4, -0.2) is 195 Å². The fraction of sp³-hybridized carbons (Fsp3) is 0.208. The molecule has 4 aliphatic heterocycles. The number of carboxylic acids is 1. The van der Waals surface area contributed by atoms with Crippen LogP contribution >= 0.6 is 62.3 Å². The Hall–Kier alpha value is -10.6. The lowest BCUT2D eigenvalue weighted by atomic mass is 10.0. The number of nitrogens with one attached hydrogen (secondary N) is 2.